The van der Waals surface area contributed by atoms with E-state index in [0.717, 1.165) is 0 Å². The molecule has 0 radical (unpaired) electrons. The molecule has 0 amide bonds. The van der Waals surface area contributed by atoms with Crippen LogP contribution in [0.5, 0.6) is 0 Å². The van der Waals surface area contributed by atoms with Crippen LogP contribution in [0, 0.1) is 5.82 Å². The number of hydrogen-bond donors (Lipinski definition) is 0. The van der Waals surface area contributed by atoms with Gasteiger partial charge in [-0.1, -0.05) is 42.5 Å². The average Bonchev–Trinajstić information content (AvgIpc) is 2.40. The highest BCUT2D eigenvalue weighted by Gasteiger charge is 2.15. The average molecular weight is 240 g/mol. The minimum Gasteiger partial charge on any atom is -0.422 e. The Morgan fingerprint density at radius 3 is 2.33 bits per heavy atom. The lowest BCUT2D eigenvalue weighted by Crippen LogP contribution is -2.06. The third-order valence-corrected chi connectivity index (χ3v) is 2.81. The Balaban J connectivity index is 2.41. The maximum Gasteiger partial charge on any atom is 0.347 e. The molecule has 0 spiro atoms. The van der Waals surface area contributed by atoms with Crippen molar-refractivity contribution in [3.8, 4) is 11.1 Å². The fourth-order valence-corrected chi connectivity index (χ4v) is 1.96. The quantitative estimate of drug-likeness (QED) is 0.608. The molecule has 88 valence electrons. The Morgan fingerprint density at radius 2 is 1.56 bits per heavy atom. The van der Waals surface area contributed by atoms with Crippen LogP contribution in [-0.2, 0) is 0 Å². The number of hydrogen-bond acceptors (Lipinski definition) is 2. The molecule has 18 heavy (non-hydrogen) atoms. The SMILES string of the molecule is O=c1oc2ccccc2c(F)c1-c1ccccc1. The summed E-state index contributed by atoms with van der Waals surface area (Å²) in [5, 5.41) is 0.316. The minimum atomic E-state index is -0.655. The van der Waals surface area contributed by atoms with E-state index < -0.39 is 11.4 Å². The number of halogens is 1. The molecule has 3 aromatic rings. The van der Waals surface area contributed by atoms with Crippen molar-refractivity contribution in [3.63, 3.8) is 0 Å². The lowest BCUT2D eigenvalue weighted by Gasteiger charge is -2.04. The van der Waals surface area contributed by atoms with Gasteiger partial charge in [0.1, 0.15) is 17.0 Å². The summed E-state index contributed by atoms with van der Waals surface area (Å²) in [6.07, 6.45) is 0. The first kappa shape index (κ1) is 10.7. The third-order valence-electron chi connectivity index (χ3n) is 2.81. The van der Waals surface area contributed by atoms with Crippen LogP contribution >= 0.6 is 0 Å². The molecule has 0 aliphatic rings. The smallest absolute Gasteiger partial charge is 0.347 e. The number of rotatable bonds is 1. The first-order valence-electron chi connectivity index (χ1n) is 5.54. The molecular weight excluding hydrogens is 231 g/mol. The summed E-state index contributed by atoms with van der Waals surface area (Å²) in [6.45, 7) is 0. The van der Waals surface area contributed by atoms with Gasteiger partial charge in [-0.15, -0.1) is 0 Å². The minimum absolute atomic E-state index is 0.0192. The van der Waals surface area contributed by atoms with E-state index in [1.807, 2.05) is 6.07 Å². The maximum absolute atomic E-state index is 14.4. The zero-order valence-corrected chi connectivity index (χ0v) is 9.39. The van der Waals surface area contributed by atoms with Crippen LogP contribution in [0.2, 0.25) is 0 Å². The van der Waals surface area contributed by atoms with Gasteiger partial charge in [0, 0.05) is 0 Å². The zero-order valence-electron chi connectivity index (χ0n) is 9.39. The standard InChI is InChI=1S/C15H9FO2/c16-14-11-8-4-5-9-12(11)18-15(17)13(14)10-6-2-1-3-7-10/h1-9H. The fraction of sp³-hybridized carbons (Fsp3) is 0. The zero-order chi connectivity index (χ0) is 12.5. The van der Waals surface area contributed by atoms with Crippen LogP contribution in [0.3, 0.4) is 0 Å². The van der Waals surface area contributed by atoms with E-state index in [9.17, 15) is 9.18 Å². The van der Waals surface area contributed by atoms with Crippen molar-refractivity contribution in [3.05, 3.63) is 70.8 Å². The highest BCUT2D eigenvalue weighted by atomic mass is 19.1. The Morgan fingerprint density at radius 1 is 0.889 bits per heavy atom. The van der Waals surface area contributed by atoms with Gasteiger partial charge in [-0.3, -0.25) is 0 Å². The second-order valence-electron chi connectivity index (χ2n) is 3.94. The molecule has 0 saturated carbocycles. The van der Waals surface area contributed by atoms with Gasteiger partial charge in [0.05, 0.1) is 5.39 Å². The first-order valence-corrected chi connectivity index (χ1v) is 5.54. The normalized spacial score (nSPS) is 10.7. The van der Waals surface area contributed by atoms with Crippen molar-refractivity contribution in [1.82, 2.24) is 0 Å². The van der Waals surface area contributed by atoms with Crippen LogP contribution in [0.25, 0.3) is 22.1 Å². The molecule has 0 saturated heterocycles. The van der Waals surface area contributed by atoms with Crippen molar-refractivity contribution in [1.29, 1.82) is 0 Å². The molecule has 0 atom stereocenters. The van der Waals surface area contributed by atoms with Gasteiger partial charge in [0.25, 0.3) is 0 Å². The molecule has 0 unspecified atom stereocenters. The molecule has 1 aromatic heterocycles. The molecule has 0 fully saturated rings. The van der Waals surface area contributed by atoms with Gasteiger partial charge in [-0.25, -0.2) is 9.18 Å². The van der Waals surface area contributed by atoms with Gasteiger partial charge in [-0.2, -0.15) is 0 Å². The van der Waals surface area contributed by atoms with Gasteiger partial charge in [0.15, 0.2) is 0 Å². The number of fused-ring (bicyclic) bond motifs is 1. The maximum atomic E-state index is 14.4. The molecule has 3 rings (SSSR count). The molecule has 0 N–H and O–H groups in total. The van der Waals surface area contributed by atoms with E-state index >= 15 is 0 Å². The molecule has 0 aliphatic heterocycles. The summed E-state index contributed by atoms with van der Waals surface area (Å²) in [7, 11) is 0. The van der Waals surface area contributed by atoms with Crippen molar-refractivity contribution >= 4 is 11.0 Å². The van der Waals surface area contributed by atoms with Crippen LogP contribution in [0.1, 0.15) is 0 Å². The van der Waals surface area contributed by atoms with Crippen LogP contribution in [0.4, 0.5) is 4.39 Å². The Hall–Kier alpha value is -2.42. The van der Waals surface area contributed by atoms with Crippen LogP contribution in [0.15, 0.2) is 63.8 Å². The summed E-state index contributed by atoms with van der Waals surface area (Å²) in [5.41, 5.74) is 0.112. The van der Waals surface area contributed by atoms with Gasteiger partial charge in [0.2, 0.25) is 0 Å². The van der Waals surface area contributed by atoms with E-state index in [2.05, 4.69) is 0 Å². The summed E-state index contributed by atoms with van der Waals surface area (Å²) in [6, 6.07) is 15.3. The van der Waals surface area contributed by atoms with Crippen molar-refractivity contribution in [2.24, 2.45) is 0 Å². The molecule has 3 heteroatoms. The molecule has 2 aromatic carbocycles. The van der Waals surface area contributed by atoms with Crippen LogP contribution < -0.4 is 5.63 Å². The van der Waals surface area contributed by atoms with Gasteiger partial charge >= 0.3 is 5.63 Å². The molecule has 0 aliphatic carbocycles. The Labute approximate surface area is 102 Å². The topological polar surface area (TPSA) is 30.2 Å². The predicted molar refractivity (Wildman–Crippen MR) is 67.9 cm³/mol. The number of benzene rings is 2. The van der Waals surface area contributed by atoms with E-state index in [1.165, 1.54) is 0 Å². The van der Waals surface area contributed by atoms with E-state index in [0.29, 0.717) is 10.9 Å². The summed E-state index contributed by atoms with van der Waals surface area (Å²) in [5.74, 6) is -0.534. The van der Waals surface area contributed by atoms with E-state index in [4.69, 9.17) is 4.42 Å². The molecule has 0 bridgehead atoms. The third kappa shape index (κ3) is 1.61. The second kappa shape index (κ2) is 4.11. The molecular formula is C15H9FO2. The highest BCUT2D eigenvalue weighted by Crippen LogP contribution is 2.25. The second-order valence-corrected chi connectivity index (χ2v) is 3.94. The summed E-state index contributed by atoms with van der Waals surface area (Å²) in [4.78, 5) is 11.8. The monoisotopic (exact) mass is 240 g/mol. The Kier molecular flexibility index (Phi) is 2.45. The first-order chi connectivity index (χ1) is 8.77. The lowest BCUT2D eigenvalue weighted by molar-refractivity contribution is 0.543. The predicted octanol–water partition coefficient (Wildman–Crippen LogP) is 3.60. The summed E-state index contributed by atoms with van der Waals surface area (Å²) >= 11 is 0. The lowest BCUT2D eigenvalue weighted by atomic mass is 10.1. The van der Waals surface area contributed by atoms with Crippen molar-refractivity contribution in [2.45, 2.75) is 0 Å². The van der Waals surface area contributed by atoms with Crippen LogP contribution in [-0.4, -0.2) is 0 Å². The fourth-order valence-electron chi connectivity index (χ4n) is 1.96. The van der Waals surface area contributed by atoms with Gasteiger partial charge < -0.3 is 4.42 Å². The van der Waals surface area contributed by atoms with Crippen molar-refractivity contribution < 1.29 is 8.81 Å². The highest BCUT2D eigenvalue weighted by molar-refractivity contribution is 5.82. The largest absolute Gasteiger partial charge is 0.422 e. The Bertz CT molecular complexity index is 760. The van der Waals surface area contributed by atoms with E-state index in [-0.39, 0.29) is 11.1 Å². The molecule has 1 heterocycles. The van der Waals surface area contributed by atoms with E-state index in [1.54, 1.807) is 48.5 Å². The number of para-hydroxylation sites is 1. The molecule has 2 nitrogen and oxygen atoms in total. The van der Waals surface area contributed by atoms with Crippen molar-refractivity contribution in [2.75, 3.05) is 0 Å². The van der Waals surface area contributed by atoms with Gasteiger partial charge in [-0.05, 0) is 17.7 Å². The summed E-state index contributed by atoms with van der Waals surface area (Å²) < 4.78 is 19.5.